The molecule has 0 aliphatic rings. The molecule has 0 saturated carbocycles. The fraction of sp³-hybridized carbons (Fsp3) is 0.267. The standard InChI is InChI=1S/C15H16O4/c1-3-4-6-11-13(16)15(18,14(17)19-2)12-9-7-5-8-10-12/h3,5,7-10,13,16,18H,1,4H2,2H3/t13-,15-/m1/s1. The molecule has 0 aliphatic carbocycles. The van der Waals surface area contributed by atoms with Crippen LogP contribution in [0.3, 0.4) is 0 Å². The number of methoxy groups -OCH3 is 1. The molecule has 0 fully saturated rings. The van der Waals surface area contributed by atoms with E-state index in [1.165, 1.54) is 12.1 Å². The minimum Gasteiger partial charge on any atom is -0.467 e. The second kappa shape index (κ2) is 6.74. The maximum Gasteiger partial charge on any atom is 0.346 e. The average molecular weight is 260 g/mol. The van der Waals surface area contributed by atoms with Crippen LogP contribution in [0, 0.1) is 11.8 Å². The van der Waals surface area contributed by atoms with Crippen molar-refractivity contribution in [2.24, 2.45) is 0 Å². The fourth-order valence-corrected chi connectivity index (χ4v) is 1.57. The molecule has 4 heteroatoms. The Morgan fingerprint density at radius 1 is 1.53 bits per heavy atom. The topological polar surface area (TPSA) is 66.8 Å². The Labute approximate surface area is 112 Å². The molecule has 4 nitrogen and oxygen atoms in total. The second-order valence-electron chi connectivity index (χ2n) is 3.84. The summed E-state index contributed by atoms with van der Waals surface area (Å²) in [6.07, 6.45) is 0.324. The van der Waals surface area contributed by atoms with E-state index in [-0.39, 0.29) is 5.56 Å². The van der Waals surface area contributed by atoms with Crippen LogP contribution >= 0.6 is 0 Å². The maximum absolute atomic E-state index is 11.8. The van der Waals surface area contributed by atoms with E-state index in [2.05, 4.69) is 23.2 Å². The average Bonchev–Trinajstić information content (AvgIpc) is 2.46. The normalized spacial score (nSPS) is 14.5. The van der Waals surface area contributed by atoms with Gasteiger partial charge < -0.3 is 14.9 Å². The Morgan fingerprint density at radius 3 is 2.68 bits per heavy atom. The van der Waals surface area contributed by atoms with Crippen LogP contribution in [-0.4, -0.2) is 29.4 Å². The third kappa shape index (κ3) is 3.22. The smallest absolute Gasteiger partial charge is 0.346 e. The molecular weight excluding hydrogens is 244 g/mol. The molecule has 0 aromatic heterocycles. The maximum atomic E-state index is 11.8. The second-order valence-corrected chi connectivity index (χ2v) is 3.84. The van der Waals surface area contributed by atoms with E-state index in [1.807, 2.05) is 0 Å². The number of rotatable bonds is 4. The Kier molecular flexibility index (Phi) is 5.31. The highest BCUT2D eigenvalue weighted by atomic mass is 16.5. The number of ether oxygens (including phenoxy) is 1. The molecule has 0 saturated heterocycles. The number of carbonyl (C=O) groups excluding carboxylic acids is 1. The van der Waals surface area contributed by atoms with E-state index in [0.29, 0.717) is 6.42 Å². The summed E-state index contributed by atoms with van der Waals surface area (Å²) < 4.78 is 4.56. The van der Waals surface area contributed by atoms with Gasteiger partial charge in [0.1, 0.15) is 0 Å². The number of benzene rings is 1. The number of carbonyl (C=O) groups is 1. The minimum atomic E-state index is -2.20. The summed E-state index contributed by atoms with van der Waals surface area (Å²) in [5.41, 5.74) is -1.98. The van der Waals surface area contributed by atoms with Crippen LogP contribution in [-0.2, 0) is 15.1 Å². The molecule has 1 aromatic carbocycles. The molecule has 2 N–H and O–H groups in total. The third-order valence-electron chi connectivity index (χ3n) is 2.59. The minimum absolute atomic E-state index is 0.224. The molecule has 0 radical (unpaired) electrons. The summed E-state index contributed by atoms with van der Waals surface area (Å²) in [6.45, 7) is 3.49. The predicted octanol–water partition coefficient (Wildman–Crippen LogP) is 0.988. The van der Waals surface area contributed by atoms with Gasteiger partial charge in [-0.1, -0.05) is 48.2 Å². The van der Waals surface area contributed by atoms with E-state index in [1.54, 1.807) is 24.3 Å². The van der Waals surface area contributed by atoms with Gasteiger partial charge in [0.2, 0.25) is 5.60 Å². The number of aliphatic hydroxyl groups excluding tert-OH is 1. The van der Waals surface area contributed by atoms with Gasteiger partial charge in [-0.05, 0) is 5.56 Å². The molecule has 100 valence electrons. The molecule has 0 amide bonds. The summed E-state index contributed by atoms with van der Waals surface area (Å²) in [7, 11) is 1.14. The zero-order chi connectivity index (χ0) is 14.3. The van der Waals surface area contributed by atoms with Crippen molar-refractivity contribution in [3.8, 4) is 11.8 Å². The van der Waals surface area contributed by atoms with Crippen LogP contribution in [0.25, 0.3) is 0 Å². The van der Waals surface area contributed by atoms with Crippen LogP contribution in [0.2, 0.25) is 0 Å². The summed E-state index contributed by atoms with van der Waals surface area (Å²) in [4.78, 5) is 11.8. The SMILES string of the molecule is C=CCC#C[C@@H](O)[C@@](O)(C(=O)OC)c1ccccc1. The van der Waals surface area contributed by atoms with E-state index in [9.17, 15) is 15.0 Å². The van der Waals surface area contributed by atoms with Crippen molar-refractivity contribution >= 4 is 5.97 Å². The lowest BCUT2D eigenvalue weighted by molar-refractivity contribution is -0.173. The number of esters is 1. The number of hydrogen-bond donors (Lipinski definition) is 2. The van der Waals surface area contributed by atoms with Crippen LogP contribution in [0.5, 0.6) is 0 Å². The highest BCUT2D eigenvalue weighted by molar-refractivity contribution is 5.82. The van der Waals surface area contributed by atoms with E-state index in [4.69, 9.17) is 0 Å². The lowest BCUT2D eigenvalue weighted by Crippen LogP contribution is -2.46. The molecule has 0 heterocycles. The summed E-state index contributed by atoms with van der Waals surface area (Å²) in [6, 6.07) is 8.07. The van der Waals surface area contributed by atoms with Gasteiger partial charge in [0.15, 0.2) is 6.10 Å². The summed E-state index contributed by atoms with van der Waals surface area (Å²) in [5.74, 6) is 4.07. The van der Waals surface area contributed by atoms with Crippen LogP contribution in [0.4, 0.5) is 0 Å². The quantitative estimate of drug-likeness (QED) is 0.481. The van der Waals surface area contributed by atoms with Gasteiger partial charge in [-0.15, -0.1) is 6.58 Å². The van der Waals surface area contributed by atoms with Crippen molar-refractivity contribution in [2.45, 2.75) is 18.1 Å². The van der Waals surface area contributed by atoms with Crippen LogP contribution in [0.1, 0.15) is 12.0 Å². The van der Waals surface area contributed by atoms with Crippen molar-refractivity contribution in [1.29, 1.82) is 0 Å². The van der Waals surface area contributed by atoms with Crippen molar-refractivity contribution in [3.05, 3.63) is 48.6 Å². The van der Waals surface area contributed by atoms with E-state index < -0.39 is 17.7 Å². The lowest BCUT2D eigenvalue weighted by atomic mass is 9.88. The van der Waals surface area contributed by atoms with E-state index in [0.717, 1.165) is 7.11 Å². The largest absolute Gasteiger partial charge is 0.467 e. The van der Waals surface area contributed by atoms with Gasteiger partial charge in [-0.2, -0.15) is 0 Å². The van der Waals surface area contributed by atoms with Gasteiger partial charge in [0.25, 0.3) is 0 Å². The Balaban J connectivity index is 3.18. The molecule has 0 unspecified atom stereocenters. The highest BCUT2D eigenvalue weighted by Crippen LogP contribution is 2.26. The van der Waals surface area contributed by atoms with Crippen molar-refractivity contribution < 1.29 is 19.7 Å². The van der Waals surface area contributed by atoms with Gasteiger partial charge >= 0.3 is 5.97 Å². The molecule has 0 spiro atoms. The molecule has 1 aromatic rings. The molecule has 2 atom stereocenters. The van der Waals surface area contributed by atoms with Gasteiger partial charge in [-0.25, -0.2) is 4.79 Å². The first-order valence-corrected chi connectivity index (χ1v) is 5.71. The first-order chi connectivity index (χ1) is 9.07. The Bertz CT molecular complexity index is 498. The molecule has 19 heavy (non-hydrogen) atoms. The summed E-state index contributed by atoms with van der Waals surface area (Å²) >= 11 is 0. The highest BCUT2D eigenvalue weighted by Gasteiger charge is 2.45. The van der Waals surface area contributed by atoms with Crippen molar-refractivity contribution in [3.63, 3.8) is 0 Å². The molecule has 1 rings (SSSR count). The molecular formula is C15H16O4. The fourth-order valence-electron chi connectivity index (χ4n) is 1.57. The van der Waals surface area contributed by atoms with Crippen LogP contribution < -0.4 is 0 Å². The van der Waals surface area contributed by atoms with Crippen LogP contribution in [0.15, 0.2) is 43.0 Å². The Morgan fingerprint density at radius 2 is 2.16 bits per heavy atom. The first kappa shape index (κ1) is 15.0. The summed E-state index contributed by atoms with van der Waals surface area (Å²) in [5, 5.41) is 20.5. The first-order valence-electron chi connectivity index (χ1n) is 5.71. The monoisotopic (exact) mass is 260 g/mol. The van der Waals surface area contributed by atoms with Gasteiger partial charge in [0, 0.05) is 6.42 Å². The molecule has 0 aliphatic heterocycles. The van der Waals surface area contributed by atoms with E-state index >= 15 is 0 Å². The Hall–Kier alpha value is -2.09. The number of allylic oxidation sites excluding steroid dienone is 1. The van der Waals surface area contributed by atoms with Gasteiger partial charge in [0.05, 0.1) is 7.11 Å². The van der Waals surface area contributed by atoms with Crippen molar-refractivity contribution in [1.82, 2.24) is 0 Å². The molecule has 0 bridgehead atoms. The number of hydrogen-bond acceptors (Lipinski definition) is 4. The number of aliphatic hydroxyl groups is 2. The lowest BCUT2D eigenvalue weighted by Gasteiger charge is -2.27. The zero-order valence-corrected chi connectivity index (χ0v) is 10.7. The van der Waals surface area contributed by atoms with Crippen molar-refractivity contribution in [2.75, 3.05) is 7.11 Å². The van der Waals surface area contributed by atoms with Gasteiger partial charge in [-0.3, -0.25) is 0 Å². The predicted molar refractivity (Wildman–Crippen MR) is 71.0 cm³/mol. The third-order valence-corrected chi connectivity index (χ3v) is 2.59. The zero-order valence-electron chi connectivity index (χ0n) is 10.7.